The Morgan fingerprint density at radius 3 is 2.54 bits per heavy atom. The van der Waals surface area contributed by atoms with E-state index in [4.69, 9.17) is 14.1 Å². The van der Waals surface area contributed by atoms with Crippen LogP contribution >= 0.6 is 24.0 Å². The molecule has 0 saturated carbocycles. The maximum Gasteiger partial charge on any atom is 0.236 e. The van der Waals surface area contributed by atoms with Gasteiger partial charge in [-0.3, -0.25) is 14.7 Å². The predicted octanol–water partition coefficient (Wildman–Crippen LogP) is 0.882. The van der Waals surface area contributed by atoms with Gasteiger partial charge >= 0.3 is 0 Å². The van der Waals surface area contributed by atoms with Gasteiger partial charge in [0.05, 0.1) is 26.0 Å². The molecule has 9 heteroatoms. The van der Waals surface area contributed by atoms with Gasteiger partial charge in [-0.2, -0.15) is 0 Å². The van der Waals surface area contributed by atoms with Gasteiger partial charge in [-0.25, -0.2) is 0 Å². The molecule has 1 aromatic rings. The molecule has 2 fully saturated rings. The molecule has 0 spiro atoms. The van der Waals surface area contributed by atoms with E-state index in [9.17, 15) is 4.79 Å². The van der Waals surface area contributed by atoms with E-state index in [1.54, 1.807) is 6.26 Å². The van der Waals surface area contributed by atoms with E-state index in [2.05, 4.69) is 22.0 Å². The summed E-state index contributed by atoms with van der Waals surface area (Å²) in [7, 11) is 0. The number of carbonyl (C=O) groups is 1. The van der Waals surface area contributed by atoms with Crippen LogP contribution in [0.5, 0.6) is 0 Å². The lowest BCUT2D eigenvalue weighted by atomic mass is 10.3. The van der Waals surface area contributed by atoms with Gasteiger partial charge in [0.2, 0.25) is 5.91 Å². The van der Waals surface area contributed by atoms with E-state index in [0.717, 1.165) is 50.9 Å². The Morgan fingerprint density at radius 1 is 1.14 bits per heavy atom. The first kappa shape index (κ1) is 23.0. The quantitative estimate of drug-likeness (QED) is 0.352. The number of rotatable bonds is 6. The molecule has 3 heterocycles. The second-order valence-corrected chi connectivity index (χ2v) is 6.82. The molecule has 0 bridgehead atoms. The number of furan rings is 1. The molecule has 0 radical (unpaired) electrons. The van der Waals surface area contributed by atoms with Crippen molar-refractivity contribution in [2.24, 2.45) is 4.99 Å². The molecule has 2 aliphatic heterocycles. The summed E-state index contributed by atoms with van der Waals surface area (Å²) in [5, 5.41) is 3.38. The van der Waals surface area contributed by atoms with Crippen molar-refractivity contribution in [3.63, 3.8) is 0 Å². The number of halogens is 1. The highest BCUT2D eigenvalue weighted by Gasteiger charge is 2.24. The topological polar surface area (TPSA) is 73.6 Å². The van der Waals surface area contributed by atoms with Crippen molar-refractivity contribution in [3.8, 4) is 0 Å². The molecule has 28 heavy (non-hydrogen) atoms. The molecule has 3 rings (SSSR count). The molecule has 0 unspecified atom stereocenters. The third-order valence-electron chi connectivity index (χ3n) is 4.93. The fourth-order valence-corrected chi connectivity index (χ4v) is 3.37. The third-order valence-corrected chi connectivity index (χ3v) is 4.93. The molecule has 0 aliphatic carbocycles. The van der Waals surface area contributed by atoms with Crippen LogP contribution in [0.1, 0.15) is 12.7 Å². The van der Waals surface area contributed by atoms with Crippen LogP contribution in [0.25, 0.3) is 0 Å². The van der Waals surface area contributed by atoms with E-state index in [1.165, 1.54) is 0 Å². The smallest absolute Gasteiger partial charge is 0.236 e. The first-order valence-electron chi connectivity index (χ1n) is 9.90. The second-order valence-electron chi connectivity index (χ2n) is 6.82. The monoisotopic (exact) mass is 505 g/mol. The van der Waals surface area contributed by atoms with Gasteiger partial charge in [-0.05, 0) is 19.1 Å². The number of aliphatic imine (C=N–C) groups is 1. The molecular weight excluding hydrogens is 473 g/mol. The average Bonchev–Trinajstić information content (AvgIpc) is 3.22. The van der Waals surface area contributed by atoms with Crippen LogP contribution in [0.3, 0.4) is 0 Å². The summed E-state index contributed by atoms with van der Waals surface area (Å²) >= 11 is 0. The minimum Gasteiger partial charge on any atom is -0.469 e. The van der Waals surface area contributed by atoms with Gasteiger partial charge in [0, 0.05) is 58.8 Å². The normalized spacial score (nSPS) is 18.7. The molecule has 0 aromatic carbocycles. The van der Waals surface area contributed by atoms with Crippen LogP contribution in [0, 0.1) is 0 Å². The van der Waals surface area contributed by atoms with E-state index in [0.29, 0.717) is 39.4 Å². The maximum absolute atomic E-state index is 12.4. The summed E-state index contributed by atoms with van der Waals surface area (Å²) in [6.07, 6.45) is 2.50. The predicted molar refractivity (Wildman–Crippen MR) is 119 cm³/mol. The summed E-state index contributed by atoms with van der Waals surface area (Å²) in [5.74, 6) is 2.12. The highest BCUT2D eigenvalue weighted by molar-refractivity contribution is 14.0. The Kier molecular flexibility index (Phi) is 10.1. The van der Waals surface area contributed by atoms with Crippen molar-refractivity contribution < 1.29 is 13.9 Å². The number of carbonyl (C=O) groups excluding carboxylic acids is 1. The summed E-state index contributed by atoms with van der Waals surface area (Å²) < 4.78 is 10.7. The summed E-state index contributed by atoms with van der Waals surface area (Å²) in [6, 6.07) is 3.88. The molecule has 158 valence electrons. The number of piperazine rings is 1. The molecule has 0 atom stereocenters. The Bertz CT molecular complexity index is 597. The highest BCUT2D eigenvalue weighted by atomic mass is 127. The van der Waals surface area contributed by atoms with Crippen LogP contribution in [-0.2, 0) is 16.0 Å². The number of ether oxygens (including phenoxy) is 1. The van der Waals surface area contributed by atoms with Gasteiger partial charge in [0.1, 0.15) is 5.76 Å². The van der Waals surface area contributed by atoms with Crippen molar-refractivity contribution in [2.75, 3.05) is 72.1 Å². The minimum atomic E-state index is 0. The number of guanidine groups is 1. The molecule has 1 N–H and O–H groups in total. The van der Waals surface area contributed by atoms with E-state index < -0.39 is 0 Å². The summed E-state index contributed by atoms with van der Waals surface area (Å²) in [4.78, 5) is 23.6. The Balaban J connectivity index is 0.00000280. The Hall–Kier alpha value is -1.33. The number of hydrogen-bond donors (Lipinski definition) is 1. The first-order chi connectivity index (χ1) is 13.3. The molecule has 1 amide bonds. The van der Waals surface area contributed by atoms with E-state index in [1.807, 2.05) is 17.0 Å². The van der Waals surface area contributed by atoms with Crippen LogP contribution in [-0.4, -0.2) is 98.7 Å². The number of nitrogens with zero attached hydrogens (tertiary/aromatic N) is 4. The number of amides is 1. The van der Waals surface area contributed by atoms with Crippen molar-refractivity contribution in [1.82, 2.24) is 20.0 Å². The number of nitrogens with one attached hydrogen (secondary N) is 1. The zero-order valence-corrected chi connectivity index (χ0v) is 19.0. The molecule has 8 nitrogen and oxygen atoms in total. The van der Waals surface area contributed by atoms with Gasteiger partial charge in [-0.1, -0.05) is 0 Å². The zero-order chi connectivity index (χ0) is 18.9. The standard InChI is InChI=1S/C19H31N5O3.HI/c1-2-20-19(21-6-5-17-4-3-13-27-17)24-9-7-22(8-10-24)16-18(25)23-11-14-26-15-12-23;/h3-4,13H,2,5-12,14-16H2,1H3,(H,20,21);1H. The number of hydrogen-bond acceptors (Lipinski definition) is 5. The second kappa shape index (κ2) is 12.3. The fraction of sp³-hybridized carbons (Fsp3) is 0.684. The highest BCUT2D eigenvalue weighted by Crippen LogP contribution is 2.06. The Morgan fingerprint density at radius 2 is 1.89 bits per heavy atom. The van der Waals surface area contributed by atoms with E-state index in [-0.39, 0.29) is 29.9 Å². The van der Waals surface area contributed by atoms with Crippen LogP contribution in [0.4, 0.5) is 0 Å². The zero-order valence-electron chi connectivity index (χ0n) is 16.6. The molecular formula is C19H32IN5O3. The molecule has 1 aromatic heterocycles. The lowest BCUT2D eigenvalue weighted by molar-refractivity contribution is -0.136. The summed E-state index contributed by atoms with van der Waals surface area (Å²) in [6.45, 7) is 10.4. The lowest BCUT2D eigenvalue weighted by Crippen LogP contribution is -2.55. The van der Waals surface area contributed by atoms with Gasteiger partial charge in [0.25, 0.3) is 0 Å². The van der Waals surface area contributed by atoms with Crippen LogP contribution < -0.4 is 5.32 Å². The van der Waals surface area contributed by atoms with Gasteiger partial charge < -0.3 is 24.3 Å². The van der Waals surface area contributed by atoms with Gasteiger partial charge in [0.15, 0.2) is 5.96 Å². The number of morpholine rings is 1. The van der Waals surface area contributed by atoms with E-state index >= 15 is 0 Å². The maximum atomic E-state index is 12.4. The average molecular weight is 505 g/mol. The van der Waals surface area contributed by atoms with Gasteiger partial charge in [-0.15, -0.1) is 24.0 Å². The fourth-order valence-electron chi connectivity index (χ4n) is 3.37. The lowest BCUT2D eigenvalue weighted by Gasteiger charge is -2.37. The SMILES string of the molecule is CCNC(=NCCc1ccco1)N1CCN(CC(=O)N2CCOCC2)CC1.I. The van der Waals surface area contributed by atoms with Crippen LogP contribution in [0.15, 0.2) is 27.8 Å². The first-order valence-corrected chi connectivity index (χ1v) is 9.90. The van der Waals surface area contributed by atoms with Crippen molar-refractivity contribution in [2.45, 2.75) is 13.3 Å². The Labute approximate surface area is 184 Å². The van der Waals surface area contributed by atoms with Crippen molar-refractivity contribution in [3.05, 3.63) is 24.2 Å². The third kappa shape index (κ3) is 6.93. The summed E-state index contributed by atoms with van der Waals surface area (Å²) in [5.41, 5.74) is 0. The minimum absolute atomic E-state index is 0. The van der Waals surface area contributed by atoms with Crippen molar-refractivity contribution >= 4 is 35.8 Å². The molecule has 2 aliphatic rings. The molecule has 2 saturated heterocycles. The largest absolute Gasteiger partial charge is 0.469 e. The van der Waals surface area contributed by atoms with Crippen molar-refractivity contribution in [1.29, 1.82) is 0 Å². The van der Waals surface area contributed by atoms with Crippen LogP contribution in [0.2, 0.25) is 0 Å².